The van der Waals surface area contributed by atoms with Crippen molar-refractivity contribution in [1.82, 2.24) is 0 Å². The predicted molar refractivity (Wildman–Crippen MR) is 223 cm³/mol. The van der Waals surface area contributed by atoms with Crippen molar-refractivity contribution in [2.24, 2.45) is 0 Å². The Bertz CT molecular complexity index is 1090. The van der Waals surface area contributed by atoms with Crippen LogP contribution in [-0.4, -0.2) is 111 Å². The minimum atomic E-state index is 0. The van der Waals surface area contributed by atoms with E-state index in [0.717, 1.165) is 75.1 Å². The normalized spacial score (nSPS) is 14.0. The van der Waals surface area contributed by atoms with E-state index in [4.69, 9.17) is 39.4 Å². The fourth-order valence-corrected chi connectivity index (χ4v) is 4.29. The first-order valence-electron chi connectivity index (χ1n) is 18.5. The Labute approximate surface area is 365 Å². The molecule has 0 amide bonds. The molecule has 4 heterocycles. The van der Waals surface area contributed by atoms with Gasteiger partial charge in [0.15, 0.2) is 0 Å². The van der Waals surface area contributed by atoms with Gasteiger partial charge in [0.1, 0.15) is 23.0 Å². The minimum Gasteiger partial charge on any atom is -0.508 e. The Morgan fingerprint density at radius 3 is 0.527 bits per heavy atom. The van der Waals surface area contributed by atoms with Gasteiger partial charge in [0.2, 0.25) is 0 Å². The summed E-state index contributed by atoms with van der Waals surface area (Å²) in [6.07, 6.45) is 10.2. The Morgan fingerprint density at radius 1 is 0.309 bits per heavy atom. The first-order valence-corrected chi connectivity index (χ1v) is 18.5. The van der Waals surface area contributed by atoms with E-state index in [1.54, 1.807) is 24.3 Å². The van der Waals surface area contributed by atoms with E-state index in [1.165, 1.54) is 51.4 Å². The summed E-state index contributed by atoms with van der Waals surface area (Å²) in [6.45, 7) is 15.5. The molecule has 0 atom stereocenters. The number of para-hydroxylation sites is 4. The van der Waals surface area contributed by atoms with Crippen molar-refractivity contribution in [3.8, 4) is 23.0 Å². The molecule has 0 aromatic heterocycles. The summed E-state index contributed by atoms with van der Waals surface area (Å²) in [5, 5.41) is 35.7. The SMILES string of the molecule is C1CCOC1.C1CCOC1.C1CCOC1.C1CCOC1.Cc1ccccc1O.Cc1ccccc1O.Cc1ccccc1O.Cc1ccccc1O.[Co].[Li].[Li]. The van der Waals surface area contributed by atoms with E-state index in [0.29, 0.717) is 23.0 Å². The van der Waals surface area contributed by atoms with E-state index in [-0.39, 0.29) is 54.5 Å². The molecule has 0 unspecified atom stereocenters. The second kappa shape index (κ2) is 39.8. The molecule has 0 spiro atoms. The van der Waals surface area contributed by atoms with Crippen molar-refractivity contribution in [2.45, 2.75) is 79.1 Å². The Kier molecular flexibility index (Phi) is 41.3. The smallest absolute Gasteiger partial charge is 0.118 e. The predicted octanol–water partition coefficient (Wildman–Crippen LogP) is 9.23. The molecule has 8 rings (SSSR count). The fraction of sp³-hybridized carbons (Fsp3) is 0.455. The molecule has 8 nitrogen and oxygen atoms in total. The van der Waals surface area contributed by atoms with Gasteiger partial charge < -0.3 is 39.4 Å². The van der Waals surface area contributed by atoms with E-state index in [1.807, 2.05) is 100 Å². The number of ether oxygens (including phenoxy) is 4. The van der Waals surface area contributed by atoms with Crippen molar-refractivity contribution in [1.29, 1.82) is 0 Å². The van der Waals surface area contributed by atoms with Crippen LogP contribution in [0.1, 0.15) is 73.6 Å². The summed E-state index contributed by atoms with van der Waals surface area (Å²) in [5.74, 6) is 1.47. The number of phenols is 4. The van der Waals surface area contributed by atoms with E-state index in [2.05, 4.69) is 0 Å². The van der Waals surface area contributed by atoms with Gasteiger partial charge in [-0.05, 0) is 126 Å². The molecule has 11 heteroatoms. The van der Waals surface area contributed by atoms with Gasteiger partial charge in [0.05, 0.1) is 0 Å². The van der Waals surface area contributed by atoms with Gasteiger partial charge in [0, 0.05) is 107 Å². The van der Waals surface area contributed by atoms with Crippen LogP contribution in [0.5, 0.6) is 23.0 Å². The van der Waals surface area contributed by atoms with Crippen LogP contribution in [0, 0.1) is 27.7 Å². The molecule has 55 heavy (non-hydrogen) atoms. The number of aryl methyl sites for hydroxylation is 4. The standard InChI is InChI=1S/4C7H8O.4C4H8O.Co.2Li/c4*1-6-4-2-3-5-7(6)8;4*1-2-4-5-3-1;;;/h4*2-5,8H,1H3;4*1-4H2;;;. The molecule has 4 aliphatic heterocycles. The summed E-state index contributed by atoms with van der Waals surface area (Å²) >= 11 is 0. The van der Waals surface area contributed by atoms with E-state index >= 15 is 0 Å². The van der Waals surface area contributed by atoms with Crippen LogP contribution in [0.15, 0.2) is 97.1 Å². The van der Waals surface area contributed by atoms with Crippen LogP contribution in [0.3, 0.4) is 0 Å². The van der Waals surface area contributed by atoms with E-state index in [9.17, 15) is 0 Å². The summed E-state index contributed by atoms with van der Waals surface area (Å²) in [4.78, 5) is 0. The number of rotatable bonds is 0. The van der Waals surface area contributed by atoms with Crippen molar-refractivity contribution in [3.63, 3.8) is 0 Å². The van der Waals surface area contributed by atoms with Crippen LogP contribution in [-0.2, 0) is 35.7 Å². The Hall–Kier alpha value is -2.38. The molecule has 0 bridgehead atoms. The van der Waals surface area contributed by atoms with Gasteiger partial charge in [-0.2, -0.15) is 0 Å². The van der Waals surface area contributed by atoms with Crippen LogP contribution in [0.4, 0.5) is 0 Å². The zero-order valence-corrected chi connectivity index (χ0v) is 35.3. The monoisotopic (exact) mass is 793 g/mol. The molecule has 0 saturated carbocycles. The van der Waals surface area contributed by atoms with Gasteiger partial charge in [-0.15, -0.1) is 0 Å². The van der Waals surface area contributed by atoms with Crippen molar-refractivity contribution in [3.05, 3.63) is 119 Å². The molecule has 4 N–H and O–H groups in total. The van der Waals surface area contributed by atoms with Crippen LogP contribution in [0.25, 0.3) is 0 Å². The maximum atomic E-state index is 8.92. The van der Waals surface area contributed by atoms with E-state index < -0.39 is 0 Å². The van der Waals surface area contributed by atoms with Gasteiger partial charge in [-0.3, -0.25) is 0 Å². The van der Waals surface area contributed by atoms with Gasteiger partial charge in [-0.25, -0.2) is 0 Å². The van der Waals surface area contributed by atoms with Crippen LogP contribution in [0.2, 0.25) is 0 Å². The molecule has 4 aromatic rings. The molecule has 0 aliphatic carbocycles. The third-order valence-corrected chi connectivity index (χ3v) is 7.77. The van der Waals surface area contributed by atoms with Gasteiger partial charge >= 0.3 is 0 Å². The molecule has 4 saturated heterocycles. The van der Waals surface area contributed by atoms with Crippen molar-refractivity contribution in [2.75, 3.05) is 52.9 Å². The minimum absolute atomic E-state index is 0. The van der Waals surface area contributed by atoms with Crippen LogP contribution >= 0.6 is 0 Å². The first-order chi connectivity index (χ1) is 25.2. The molecule has 299 valence electrons. The second-order valence-corrected chi connectivity index (χ2v) is 12.4. The largest absolute Gasteiger partial charge is 0.508 e. The van der Waals surface area contributed by atoms with Crippen molar-refractivity contribution < 1.29 is 56.2 Å². The Morgan fingerprint density at radius 2 is 0.455 bits per heavy atom. The number of benzene rings is 4. The Balaban J connectivity index is -0.000000562. The molecular weight excluding hydrogens is 729 g/mol. The molecule has 4 aliphatic rings. The quantitative estimate of drug-likeness (QED) is 0.130. The fourth-order valence-electron chi connectivity index (χ4n) is 4.29. The number of hydrogen-bond acceptors (Lipinski definition) is 8. The maximum Gasteiger partial charge on any atom is 0.118 e. The molecule has 4 aromatic carbocycles. The first kappa shape index (κ1) is 56.9. The average molecular weight is 794 g/mol. The zero-order valence-electron chi connectivity index (χ0n) is 34.3. The third kappa shape index (κ3) is 33.5. The van der Waals surface area contributed by atoms with Gasteiger partial charge in [0.25, 0.3) is 0 Å². The number of hydrogen-bond donors (Lipinski definition) is 4. The third-order valence-electron chi connectivity index (χ3n) is 7.77. The second-order valence-electron chi connectivity index (χ2n) is 12.4. The molecule has 3 radical (unpaired) electrons. The topological polar surface area (TPSA) is 118 Å². The number of aromatic hydroxyl groups is 4. The maximum absolute atomic E-state index is 8.92. The van der Waals surface area contributed by atoms with Crippen LogP contribution < -0.4 is 0 Å². The average Bonchev–Trinajstić information content (AvgIpc) is 4.01. The molecule has 4 fully saturated rings. The summed E-state index contributed by atoms with van der Waals surface area (Å²) < 4.78 is 19.8. The summed E-state index contributed by atoms with van der Waals surface area (Å²) in [7, 11) is 0. The summed E-state index contributed by atoms with van der Waals surface area (Å²) in [6, 6.07) is 29.0. The zero-order chi connectivity index (χ0) is 38.1. The van der Waals surface area contributed by atoms with Gasteiger partial charge in [-0.1, -0.05) is 72.8 Å². The number of phenolic OH excluding ortho intramolecular Hbond substituents is 4. The molecular formula is C44H64CoLi2O8. The summed E-state index contributed by atoms with van der Waals surface area (Å²) in [5.41, 5.74) is 3.69. The van der Waals surface area contributed by atoms with Crippen molar-refractivity contribution >= 4 is 37.7 Å².